The van der Waals surface area contributed by atoms with Gasteiger partial charge in [0.05, 0.1) is 31.1 Å². The highest BCUT2D eigenvalue weighted by Crippen LogP contribution is 2.07. The molecule has 0 aliphatic carbocycles. The molecule has 0 spiro atoms. The predicted octanol–water partition coefficient (Wildman–Crippen LogP) is -4.21. The van der Waals surface area contributed by atoms with Crippen molar-refractivity contribution in [3.63, 3.8) is 0 Å². The zero-order valence-corrected chi connectivity index (χ0v) is 29.8. The lowest BCUT2D eigenvalue weighted by Crippen LogP contribution is -2.60. The van der Waals surface area contributed by atoms with Crippen molar-refractivity contribution in [3.8, 4) is 0 Å². The molecule has 8 atom stereocenters. The fourth-order valence-corrected chi connectivity index (χ4v) is 4.83. The largest absolute Gasteiger partial charge is 0.481 e. The number of aromatic nitrogens is 2. The Kier molecular flexibility index (Phi) is 17.7. The van der Waals surface area contributed by atoms with Crippen molar-refractivity contribution >= 4 is 47.4 Å². The summed E-state index contributed by atoms with van der Waals surface area (Å²) in [6.07, 6.45) is -1.21. The lowest BCUT2D eigenvalue weighted by molar-refractivity contribution is -0.145. The molecule has 0 aliphatic heterocycles. The van der Waals surface area contributed by atoms with Gasteiger partial charge in [-0.2, -0.15) is 0 Å². The molecule has 0 bridgehead atoms. The van der Waals surface area contributed by atoms with Crippen molar-refractivity contribution in [2.75, 3.05) is 6.54 Å². The molecule has 8 unspecified atom stereocenters. The number of nitrogens with two attached hydrogens (primary N) is 1. The summed E-state index contributed by atoms with van der Waals surface area (Å²) in [4.78, 5) is 107. The van der Waals surface area contributed by atoms with E-state index in [4.69, 9.17) is 10.8 Å². The van der Waals surface area contributed by atoms with Gasteiger partial charge < -0.3 is 63.0 Å². The van der Waals surface area contributed by atoms with Gasteiger partial charge >= 0.3 is 11.9 Å². The van der Waals surface area contributed by atoms with Crippen LogP contribution in [0.3, 0.4) is 0 Å². The number of rotatable bonds is 22. The maximum absolute atomic E-state index is 13.3. The van der Waals surface area contributed by atoms with Crippen LogP contribution < -0.4 is 37.6 Å². The number of imidazole rings is 1. The highest BCUT2D eigenvalue weighted by atomic mass is 16.4. The zero-order chi connectivity index (χ0) is 40.5. The number of amides is 6. The molecule has 21 nitrogen and oxygen atoms in total. The third kappa shape index (κ3) is 15.0. The first-order valence-corrected chi connectivity index (χ1v) is 16.8. The maximum atomic E-state index is 13.3. The van der Waals surface area contributed by atoms with Gasteiger partial charge in [0, 0.05) is 31.2 Å². The minimum Gasteiger partial charge on any atom is -0.481 e. The molecule has 6 amide bonds. The lowest BCUT2D eigenvalue weighted by Gasteiger charge is -2.26. The number of aliphatic hydroxyl groups is 2. The number of nitrogens with one attached hydrogen (secondary N) is 7. The Morgan fingerprint density at radius 1 is 0.741 bits per heavy atom. The molecule has 0 radical (unpaired) electrons. The fourth-order valence-electron chi connectivity index (χ4n) is 4.83. The number of aromatic amines is 1. The van der Waals surface area contributed by atoms with E-state index >= 15 is 0 Å². The number of aliphatic carboxylic acids is 2. The van der Waals surface area contributed by atoms with Gasteiger partial charge in [-0.15, -0.1) is 0 Å². The first-order valence-electron chi connectivity index (χ1n) is 16.8. The molecule has 54 heavy (non-hydrogen) atoms. The number of H-pyrrole nitrogens is 1. The maximum Gasteiger partial charge on any atom is 0.328 e. The Hall–Kier alpha value is -5.93. The van der Waals surface area contributed by atoms with Crippen LogP contribution in [0.15, 0.2) is 42.9 Å². The van der Waals surface area contributed by atoms with E-state index in [-0.39, 0.29) is 12.8 Å². The number of carboxylic acids is 2. The van der Waals surface area contributed by atoms with E-state index in [1.807, 2.05) is 0 Å². The smallest absolute Gasteiger partial charge is 0.328 e. The number of aliphatic hydroxyl groups excluding tert-OH is 2. The fraction of sp³-hybridized carbons (Fsp3) is 0.485. The number of carbonyl (C=O) groups excluding carboxylic acids is 6. The number of benzene rings is 1. The van der Waals surface area contributed by atoms with E-state index < -0.39 is 115 Å². The summed E-state index contributed by atoms with van der Waals surface area (Å²) in [5, 5.41) is 52.4. The molecule has 0 fully saturated rings. The van der Waals surface area contributed by atoms with E-state index in [1.165, 1.54) is 19.4 Å². The molecule has 2 rings (SSSR count). The molecule has 21 heteroatoms. The Bertz CT molecular complexity index is 1600. The third-order valence-electron chi connectivity index (χ3n) is 7.83. The van der Waals surface area contributed by atoms with Crippen LogP contribution in [0.1, 0.15) is 44.9 Å². The topological polar surface area (TPSA) is 344 Å². The van der Waals surface area contributed by atoms with Crippen LogP contribution in [0.4, 0.5) is 0 Å². The van der Waals surface area contributed by atoms with Crippen LogP contribution in [0.5, 0.6) is 0 Å². The van der Waals surface area contributed by atoms with E-state index in [0.29, 0.717) is 11.3 Å². The summed E-state index contributed by atoms with van der Waals surface area (Å²) < 4.78 is 0. The molecule has 0 saturated carbocycles. The average Bonchev–Trinajstić information content (AvgIpc) is 3.62. The number of hydrogen-bond donors (Lipinski definition) is 12. The summed E-state index contributed by atoms with van der Waals surface area (Å²) >= 11 is 0. The number of carboxylic acid groups (broad SMARTS) is 2. The summed E-state index contributed by atoms with van der Waals surface area (Å²) in [5.41, 5.74) is 7.01. The normalized spacial score (nSPS) is 15.4. The minimum atomic E-state index is -1.72. The Labute approximate surface area is 309 Å². The molecule has 2 aromatic rings. The molecule has 1 aromatic carbocycles. The molecule has 296 valence electrons. The molecule has 0 aliphatic rings. The Morgan fingerprint density at radius 2 is 1.37 bits per heavy atom. The van der Waals surface area contributed by atoms with Gasteiger partial charge in [-0.05, 0) is 32.8 Å². The van der Waals surface area contributed by atoms with Crippen LogP contribution in [0.25, 0.3) is 0 Å². The summed E-state index contributed by atoms with van der Waals surface area (Å²) in [5.74, 6) is -8.42. The van der Waals surface area contributed by atoms with Gasteiger partial charge in [0.15, 0.2) is 6.04 Å². The van der Waals surface area contributed by atoms with E-state index in [0.717, 1.165) is 13.8 Å². The van der Waals surface area contributed by atoms with Crippen LogP contribution in [0, 0.1) is 0 Å². The van der Waals surface area contributed by atoms with Gasteiger partial charge in [-0.25, -0.2) is 9.78 Å². The zero-order valence-electron chi connectivity index (χ0n) is 29.8. The highest BCUT2D eigenvalue weighted by molar-refractivity contribution is 5.96. The second-order valence-electron chi connectivity index (χ2n) is 12.4. The van der Waals surface area contributed by atoms with Crippen molar-refractivity contribution in [2.24, 2.45) is 5.73 Å². The molecular formula is C33H47N9O12. The van der Waals surface area contributed by atoms with Crippen molar-refractivity contribution in [2.45, 2.75) is 94.9 Å². The number of hydrogen-bond acceptors (Lipinski definition) is 12. The number of carbonyl (C=O) groups is 8. The van der Waals surface area contributed by atoms with Crippen LogP contribution in [-0.4, -0.2) is 133 Å². The quantitative estimate of drug-likeness (QED) is 0.0542. The first-order chi connectivity index (χ1) is 25.4. The van der Waals surface area contributed by atoms with E-state index in [2.05, 4.69) is 41.9 Å². The van der Waals surface area contributed by atoms with Crippen molar-refractivity contribution in [3.05, 3.63) is 54.1 Å². The van der Waals surface area contributed by atoms with Gasteiger partial charge in [-0.1, -0.05) is 30.3 Å². The van der Waals surface area contributed by atoms with Gasteiger partial charge in [0.25, 0.3) is 0 Å². The molecule has 1 aromatic heterocycles. The van der Waals surface area contributed by atoms with Crippen LogP contribution >= 0.6 is 0 Å². The van der Waals surface area contributed by atoms with E-state index in [1.54, 1.807) is 30.3 Å². The molecular weight excluding hydrogens is 714 g/mol. The Morgan fingerprint density at radius 3 is 1.93 bits per heavy atom. The lowest BCUT2D eigenvalue weighted by atomic mass is 10.0. The highest BCUT2D eigenvalue weighted by Gasteiger charge is 2.33. The summed E-state index contributed by atoms with van der Waals surface area (Å²) in [6.45, 7) is 2.80. The van der Waals surface area contributed by atoms with Crippen molar-refractivity contribution < 1.29 is 58.8 Å². The molecule has 1 heterocycles. The van der Waals surface area contributed by atoms with E-state index in [9.17, 15) is 53.7 Å². The van der Waals surface area contributed by atoms with Crippen LogP contribution in [-0.2, 0) is 51.2 Å². The molecule has 13 N–H and O–H groups in total. The summed E-state index contributed by atoms with van der Waals surface area (Å²) in [6, 6.07) is -0.306. The number of nitrogens with zero attached hydrogens (tertiary/aromatic N) is 1. The third-order valence-corrected chi connectivity index (χ3v) is 7.83. The average molecular weight is 762 g/mol. The van der Waals surface area contributed by atoms with Crippen LogP contribution in [0.2, 0.25) is 0 Å². The van der Waals surface area contributed by atoms with Gasteiger partial charge in [-0.3, -0.25) is 33.6 Å². The second-order valence-corrected chi connectivity index (χ2v) is 12.4. The van der Waals surface area contributed by atoms with Crippen molar-refractivity contribution in [1.29, 1.82) is 0 Å². The monoisotopic (exact) mass is 761 g/mol. The predicted molar refractivity (Wildman–Crippen MR) is 187 cm³/mol. The second kappa shape index (κ2) is 21.6. The minimum absolute atomic E-state index is 0.0875. The summed E-state index contributed by atoms with van der Waals surface area (Å²) in [7, 11) is 0. The van der Waals surface area contributed by atoms with Crippen molar-refractivity contribution in [1.82, 2.24) is 41.9 Å². The van der Waals surface area contributed by atoms with Gasteiger partial charge in [0.2, 0.25) is 35.4 Å². The first kappa shape index (κ1) is 44.2. The molecule has 0 saturated heterocycles. The standard InChI is InChI=1S/C33H47N9O12/c1-16(38-29(49)21(34)12-20-13-35-15-37-20)28(48)39-22(9-10-25(46)47)30(50)36-14-24(45)41-26(17(2)43)32(52)40-23(11-19-7-5-4-6-8-19)31(51)42-27(18(3)44)33(53)54/h4-8,13,15-18,21-23,26-27,43-44H,9-12,14,34H2,1-3H3,(H,35,37)(H,36,50)(H,38,49)(H,39,48)(H,40,52)(H,41,45)(H,42,51)(H,46,47)(H,53,54). The Balaban J connectivity index is 2.07. The van der Waals surface area contributed by atoms with Gasteiger partial charge in [0.1, 0.15) is 24.2 Å². The SMILES string of the molecule is CC(NC(=O)C(N)Cc1cnc[nH]1)C(=O)NC(CCC(=O)O)C(=O)NCC(=O)NC(C(=O)NC(Cc1ccccc1)C(=O)NC(C(=O)O)C(C)O)C(C)O.